The van der Waals surface area contributed by atoms with Crippen molar-refractivity contribution < 1.29 is 14.9 Å². The smallest absolute Gasteiger partial charge is 0.137 e. The topological polar surface area (TPSA) is 68.7 Å². The minimum atomic E-state index is -1.32. The maximum atomic E-state index is 11.0. The van der Waals surface area contributed by atoms with Crippen LogP contribution < -0.4 is 4.74 Å². The van der Waals surface area contributed by atoms with Gasteiger partial charge in [0.1, 0.15) is 18.0 Å². The first-order chi connectivity index (χ1) is 13.0. The number of aromatic nitrogens is 1. The number of β-amino-alcohol motifs (C(OH)–C–C–N with tert-alkyl or cyclic N) is 1. The standard InChI is InChI=1S/C21H23ClN2O3/c22-17-2-1-3-18(11-17)27-14-21(26)13-24(9-7-20(21)25)12-15-4-5-19-16(10-15)6-8-23-19/h1-6,8,10-11,20,23,25-26H,7,9,12-14H2/t20-,21-/m0/s1. The molecular formula is C21H23ClN2O3. The Balaban J connectivity index is 1.43. The number of rotatable bonds is 5. The summed E-state index contributed by atoms with van der Waals surface area (Å²) in [6, 6.07) is 15.4. The summed E-state index contributed by atoms with van der Waals surface area (Å²) in [6.45, 7) is 1.81. The number of hydrogen-bond acceptors (Lipinski definition) is 4. The molecule has 0 aliphatic carbocycles. The Morgan fingerprint density at radius 2 is 2.11 bits per heavy atom. The number of fused-ring (bicyclic) bond motifs is 1. The van der Waals surface area contributed by atoms with E-state index >= 15 is 0 Å². The van der Waals surface area contributed by atoms with Gasteiger partial charge in [-0.15, -0.1) is 0 Å². The number of nitrogens with zero attached hydrogens (tertiary/aromatic N) is 1. The fourth-order valence-electron chi connectivity index (χ4n) is 3.65. The third kappa shape index (κ3) is 4.12. The molecule has 0 radical (unpaired) electrons. The molecule has 27 heavy (non-hydrogen) atoms. The van der Waals surface area contributed by atoms with Crippen LogP contribution in [0, 0.1) is 0 Å². The molecular weight excluding hydrogens is 364 g/mol. The van der Waals surface area contributed by atoms with Crippen LogP contribution in [0.15, 0.2) is 54.7 Å². The monoisotopic (exact) mass is 386 g/mol. The highest BCUT2D eigenvalue weighted by Crippen LogP contribution is 2.26. The van der Waals surface area contributed by atoms with Crippen molar-refractivity contribution in [2.45, 2.75) is 24.7 Å². The van der Waals surface area contributed by atoms with Gasteiger partial charge in [0.15, 0.2) is 0 Å². The van der Waals surface area contributed by atoms with E-state index in [2.05, 4.69) is 28.1 Å². The van der Waals surface area contributed by atoms with Gasteiger partial charge in [-0.1, -0.05) is 23.7 Å². The zero-order valence-electron chi connectivity index (χ0n) is 14.9. The lowest BCUT2D eigenvalue weighted by Crippen LogP contribution is -2.59. The average Bonchev–Trinajstić information content (AvgIpc) is 3.11. The van der Waals surface area contributed by atoms with Gasteiger partial charge < -0.3 is 19.9 Å². The van der Waals surface area contributed by atoms with E-state index in [9.17, 15) is 10.2 Å². The van der Waals surface area contributed by atoms with Crippen LogP contribution in [0.2, 0.25) is 5.02 Å². The largest absolute Gasteiger partial charge is 0.490 e. The Labute approximate surface area is 163 Å². The van der Waals surface area contributed by atoms with Crippen molar-refractivity contribution in [3.63, 3.8) is 0 Å². The molecule has 6 heteroatoms. The van der Waals surface area contributed by atoms with Gasteiger partial charge in [-0.25, -0.2) is 0 Å². The highest BCUT2D eigenvalue weighted by Gasteiger charge is 2.42. The predicted molar refractivity (Wildman–Crippen MR) is 106 cm³/mol. The second-order valence-electron chi connectivity index (χ2n) is 7.26. The van der Waals surface area contributed by atoms with Gasteiger partial charge in [-0.3, -0.25) is 4.90 Å². The van der Waals surface area contributed by atoms with Crippen LogP contribution in [0.25, 0.3) is 10.9 Å². The number of H-pyrrole nitrogens is 1. The van der Waals surface area contributed by atoms with Crippen molar-refractivity contribution in [3.05, 3.63) is 65.3 Å². The summed E-state index contributed by atoms with van der Waals surface area (Å²) >= 11 is 5.97. The van der Waals surface area contributed by atoms with Crippen LogP contribution in [0.5, 0.6) is 5.75 Å². The SMILES string of the molecule is O[C@H]1CCN(Cc2ccc3[nH]ccc3c2)C[C@]1(O)COc1cccc(Cl)c1. The molecule has 1 aromatic heterocycles. The number of aliphatic hydroxyl groups excluding tert-OH is 1. The molecule has 3 N–H and O–H groups in total. The molecule has 0 saturated carbocycles. The molecule has 3 aromatic rings. The summed E-state index contributed by atoms with van der Waals surface area (Å²) in [4.78, 5) is 5.35. The molecule has 1 aliphatic rings. The molecule has 0 bridgehead atoms. The first-order valence-corrected chi connectivity index (χ1v) is 9.47. The third-order valence-corrected chi connectivity index (χ3v) is 5.38. The Kier molecular flexibility index (Phi) is 5.10. The highest BCUT2D eigenvalue weighted by atomic mass is 35.5. The number of ether oxygens (including phenoxy) is 1. The van der Waals surface area contributed by atoms with E-state index in [4.69, 9.17) is 16.3 Å². The van der Waals surface area contributed by atoms with E-state index in [1.165, 1.54) is 10.9 Å². The minimum Gasteiger partial charge on any atom is -0.490 e. The van der Waals surface area contributed by atoms with Crippen LogP contribution in [-0.4, -0.2) is 51.5 Å². The van der Waals surface area contributed by atoms with Crippen LogP contribution in [-0.2, 0) is 6.54 Å². The molecule has 142 valence electrons. The molecule has 1 aliphatic heterocycles. The van der Waals surface area contributed by atoms with E-state index < -0.39 is 11.7 Å². The van der Waals surface area contributed by atoms with E-state index in [0.717, 1.165) is 12.1 Å². The van der Waals surface area contributed by atoms with E-state index in [1.807, 2.05) is 12.3 Å². The first-order valence-electron chi connectivity index (χ1n) is 9.09. The van der Waals surface area contributed by atoms with Crippen molar-refractivity contribution in [3.8, 4) is 5.75 Å². The molecule has 2 atom stereocenters. The summed E-state index contributed by atoms with van der Waals surface area (Å²) in [5, 5.41) is 23.1. The third-order valence-electron chi connectivity index (χ3n) is 5.15. The zero-order chi connectivity index (χ0) is 18.9. The normalized spacial score (nSPS) is 23.6. The highest BCUT2D eigenvalue weighted by molar-refractivity contribution is 6.30. The number of aliphatic hydroxyl groups is 2. The van der Waals surface area contributed by atoms with Gasteiger partial charge in [0.2, 0.25) is 0 Å². The van der Waals surface area contributed by atoms with Gasteiger partial charge >= 0.3 is 0 Å². The van der Waals surface area contributed by atoms with Crippen LogP contribution in [0.4, 0.5) is 0 Å². The van der Waals surface area contributed by atoms with E-state index in [0.29, 0.717) is 30.3 Å². The predicted octanol–water partition coefficient (Wildman–Crippen LogP) is 3.20. The summed E-state index contributed by atoms with van der Waals surface area (Å²) in [7, 11) is 0. The summed E-state index contributed by atoms with van der Waals surface area (Å²) < 4.78 is 5.72. The van der Waals surface area contributed by atoms with Crippen molar-refractivity contribution in [1.29, 1.82) is 0 Å². The molecule has 1 fully saturated rings. The zero-order valence-corrected chi connectivity index (χ0v) is 15.7. The number of likely N-dealkylation sites (tertiary alicyclic amines) is 1. The lowest BCUT2D eigenvalue weighted by Gasteiger charge is -2.42. The Bertz CT molecular complexity index is 928. The van der Waals surface area contributed by atoms with Gasteiger partial charge in [0.25, 0.3) is 0 Å². The number of piperidine rings is 1. The quantitative estimate of drug-likeness (QED) is 0.630. The van der Waals surface area contributed by atoms with Crippen molar-refractivity contribution in [2.24, 2.45) is 0 Å². The minimum absolute atomic E-state index is 0.0157. The maximum Gasteiger partial charge on any atom is 0.137 e. The van der Waals surface area contributed by atoms with E-state index in [-0.39, 0.29) is 6.61 Å². The number of nitrogens with one attached hydrogen (secondary N) is 1. The lowest BCUT2D eigenvalue weighted by molar-refractivity contribution is -0.140. The number of halogens is 1. The summed E-state index contributed by atoms with van der Waals surface area (Å²) in [5.74, 6) is 0.582. The molecule has 5 nitrogen and oxygen atoms in total. The molecule has 1 saturated heterocycles. The Morgan fingerprint density at radius 3 is 2.96 bits per heavy atom. The number of benzene rings is 2. The first kappa shape index (κ1) is 18.3. The van der Waals surface area contributed by atoms with Crippen molar-refractivity contribution >= 4 is 22.5 Å². The lowest BCUT2D eigenvalue weighted by atomic mass is 9.90. The summed E-state index contributed by atoms with van der Waals surface area (Å²) in [6.07, 6.45) is 1.61. The molecule has 2 heterocycles. The fourth-order valence-corrected chi connectivity index (χ4v) is 3.83. The average molecular weight is 387 g/mol. The summed E-state index contributed by atoms with van der Waals surface area (Å²) in [5.41, 5.74) is 0.967. The second kappa shape index (κ2) is 7.52. The van der Waals surface area contributed by atoms with E-state index in [1.54, 1.807) is 24.3 Å². The van der Waals surface area contributed by atoms with Gasteiger partial charge in [0, 0.05) is 36.4 Å². The second-order valence-corrected chi connectivity index (χ2v) is 7.70. The van der Waals surface area contributed by atoms with Gasteiger partial charge in [0.05, 0.1) is 6.10 Å². The Hall–Kier alpha value is -2.05. The Morgan fingerprint density at radius 1 is 1.22 bits per heavy atom. The van der Waals surface area contributed by atoms with Crippen molar-refractivity contribution in [1.82, 2.24) is 9.88 Å². The van der Waals surface area contributed by atoms with Crippen molar-refractivity contribution in [2.75, 3.05) is 19.7 Å². The molecule has 4 rings (SSSR count). The molecule has 0 unspecified atom stereocenters. The molecule has 2 aromatic carbocycles. The van der Waals surface area contributed by atoms with Crippen LogP contribution in [0.1, 0.15) is 12.0 Å². The van der Waals surface area contributed by atoms with Crippen LogP contribution >= 0.6 is 11.6 Å². The van der Waals surface area contributed by atoms with Gasteiger partial charge in [-0.2, -0.15) is 0 Å². The van der Waals surface area contributed by atoms with Crippen LogP contribution in [0.3, 0.4) is 0 Å². The van der Waals surface area contributed by atoms with Gasteiger partial charge in [-0.05, 0) is 53.8 Å². The molecule has 0 amide bonds. The number of aromatic amines is 1. The maximum absolute atomic E-state index is 11.0. The number of hydrogen-bond donors (Lipinski definition) is 3. The fraction of sp³-hybridized carbons (Fsp3) is 0.333. The molecule has 0 spiro atoms.